The number of alkyl halides is 3. The molecule has 4 nitrogen and oxygen atoms in total. The summed E-state index contributed by atoms with van der Waals surface area (Å²) in [6.07, 6.45) is -3.87. The Hall–Kier alpha value is -2.96. The number of hydrogen-bond acceptors (Lipinski definition) is 3. The first-order valence-electron chi connectivity index (χ1n) is 8.67. The average Bonchev–Trinajstić information content (AvgIpc) is 2.66. The van der Waals surface area contributed by atoms with Crippen LogP contribution in [0.15, 0.2) is 48.0 Å². The first-order chi connectivity index (χ1) is 13.2. The van der Waals surface area contributed by atoms with Crippen LogP contribution in [0.25, 0.3) is 6.08 Å². The van der Waals surface area contributed by atoms with Gasteiger partial charge in [-0.15, -0.1) is 0 Å². The molecule has 0 fully saturated rings. The summed E-state index contributed by atoms with van der Waals surface area (Å²) in [6.45, 7) is 1.26. The van der Waals surface area contributed by atoms with Gasteiger partial charge in [-0.1, -0.05) is 31.2 Å². The van der Waals surface area contributed by atoms with E-state index in [4.69, 9.17) is 9.47 Å². The van der Waals surface area contributed by atoms with Crippen molar-refractivity contribution in [1.82, 2.24) is 0 Å². The van der Waals surface area contributed by atoms with Crippen LogP contribution >= 0.6 is 0 Å². The van der Waals surface area contributed by atoms with E-state index in [-0.39, 0.29) is 5.75 Å². The zero-order valence-electron chi connectivity index (χ0n) is 15.3. The summed E-state index contributed by atoms with van der Waals surface area (Å²) < 4.78 is 51.8. The normalized spacial score (nSPS) is 18.7. The Morgan fingerprint density at radius 1 is 1.14 bits per heavy atom. The van der Waals surface area contributed by atoms with E-state index < -0.39 is 29.7 Å². The number of carbonyl (C=O) groups is 1. The Morgan fingerprint density at radius 2 is 1.79 bits per heavy atom. The Bertz CT molecular complexity index is 916. The fourth-order valence-corrected chi connectivity index (χ4v) is 3.30. The van der Waals surface area contributed by atoms with Gasteiger partial charge in [0.25, 0.3) is 0 Å². The highest BCUT2D eigenvalue weighted by Gasteiger charge is 2.61. The molecule has 1 atom stereocenters. The maximum absolute atomic E-state index is 13.8. The molecule has 0 saturated carbocycles. The van der Waals surface area contributed by atoms with Crippen LogP contribution in [0.5, 0.6) is 11.5 Å². The molecular formula is C21H19F3O4. The van der Waals surface area contributed by atoms with Gasteiger partial charge in [0.2, 0.25) is 5.60 Å². The highest BCUT2D eigenvalue weighted by molar-refractivity contribution is 5.96. The Labute approximate surface area is 160 Å². The molecule has 1 aliphatic rings. The SMILES string of the molecule is CCC1(C(F)(F)F)Oc2cc(Cc3ccc(OC)cc3)ccc2C=C1C(=O)O. The van der Waals surface area contributed by atoms with Crippen molar-refractivity contribution in [2.45, 2.75) is 31.5 Å². The zero-order chi connectivity index (χ0) is 20.5. The van der Waals surface area contributed by atoms with Crippen LogP contribution in [0, 0.1) is 0 Å². The van der Waals surface area contributed by atoms with Gasteiger partial charge in [-0.25, -0.2) is 4.79 Å². The second-order valence-corrected chi connectivity index (χ2v) is 6.54. The molecule has 0 aromatic heterocycles. The number of benzene rings is 2. The smallest absolute Gasteiger partial charge is 0.432 e. The molecule has 1 aliphatic heterocycles. The number of carboxylic acids is 1. The first kappa shape index (κ1) is 19.8. The van der Waals surface area contributed by atoms with Crippen LogP contribution in [0.1, 0.15) is 30.0 Å². The van der Waals surface area contributed by atoms with E-state index >= 15 is 0 Å². The fraction of sp³-hybridized carbons (Fsp3) is 0.286. The minimum atomic E-state index is -4.87. The summed E-state index contributed by atoms with van der Waals surface area (Å²) in [6, 6.07) is 12.2. The van der Waals surface area contributed by atoms with Gasteiger partial charge in [0.1, 0.15) is 11.5 Å². The lowest BCUT2D eigenvalue weighted by atomic mass is 9.85. The van der Waals surface area contributed by atoms with Gasteiger partial charge in [0, 0.05) is 5.56 Å². The third-order valence-corrected chi connectivity index (χ3v) is 4.85. The summed E-state index contributed by atoms with van der Waals surface area (Å²) >= 11 is 0. The van der Waals surface area contributed by atoms with E-state index in [9.17, 15) is 23.1 Å². The Balaban J connectivity index is 1.99. The number of ether oxygens (including phenoxy) is 2. The lowest BCUT2D eigenvalue weighted by Gasteiger charge is -2.38. The van der Waals surface area contributed by atoms with Gasteiger partial charge >= 0.3 is 12.1 Å². The van der Waals surface area contributed by atoms with E-state index in [1.165, 1.54) is 13.0 Å². The number of carboxylic acid groups (broad SMARTS) is 1. The standard InChI is InChI=1S/C21H19F3O4/c1-3-20(21(22,23)24)17(19(25)26)12-15-7-4-14(11-18(15)28-20)10-13-5-8-16(27-2)9-6-13/h4-9,11-12H,3,10H2,1-2H3,(H,25,26). The monoisotopic (exact) mass is 392 g/mol. The molecule has 1 N–H and O–H groups in total. The van der Waals surface area contributed by atoms with Crippen molar-refractivity contribution < 1.29 is 32.5 Å². The van der Waals surface area contributed by atoms with Crippen LogP contribution in [-0.4, -0.2) is 30.0 Å². The van der Waals surface area contributed by atoms with Crippen LogP contribution < -0.4 is 9.47 Å². The molecule has 0 saturated heterocycles. The van der Waals surface area contributed by atoms with Gasteiger partial charge in [-0.05, 0) is 48.2 Å². The van der Waals surface area contributed by atoms with E-state index in [1.54, 1.807) is 31.4 Å². The molecule has 28 heavy (non-hydrogen) atoms. The van der Waals surface area contributed by atoms with Gasteiger partial charge in [-0.3, -0.25) is 0 Å². The topological polar surface area (TPSA) is 55.8 Å². The molecule has 2 aromatic carbocycles. The van der Waals surface area contributed by atoms with Crippen molar-refractivity contribution in [3.63, 3.8) is 0 Å². The minimum Gasteiger partial charge on any atom is -0.497 e. The minimum absolute atomic E-state index is 0.0233. The van der Waals surface area contributed by atoms with E-state index in [0.29, 0.717) is 17.7 Å². The number of fused-ring (bicyclic) bond motifs is 1. The van der Waals surface area contributed by atoms with Crippen LogP contribution in [0.4, 0.5) is 13.2 Å². The maximum Gasteiger partial charge on any atom is 0.432 e. The highest BCUT2D eigenvalue weighted by atomic mass is 19.4. The number of halogens is 3. The largest absolute Gasteiger partial charge is 0.497 e. The van der Waals surface area contributed by atoms with Gasteiger partial charge in [0.15, 0.2) is 0 Å². The van der Waals surface area contributed by atoms with Crippen LogP contribution in [-0.2, 0) is 11.2 Å². The molecular weight excluding hydrogens is 373 g/mol. The van der Waals surface area contributed by atoms with Crippen LogP contribution in [0.3, 0.4) is 0 Å². The van der Waals surface area contributed by atoms with Crippen molar-refractivity contribution >= 4 is 12.0 Å². The summed E-state index contributed by atoms with van der Waals surface area (Å²) in [7, 11) is 1.56. The highest BCUT2D eigenvalue weighted by Crippen LogP contribution is 2.47. The third-order valence-electron chi connectivity index (χ3n) is 4.85. The Kier molecular flexibility index (Phi) is 5.10. The second kappa shape index (κ2) is 7.22. The molecule has 0 spiro atoms. The Morgan fingerprint density at radius 3 is 2.32 bits per heavy atom. The van der Waals surface area contributed by atoms with Crippen molar-refractivity contribution in [3.05, 3.63) is 64.7 Å². The van der Waals surface area contributed by atoms with E-state index in [1.807, 2.05) is 12.1 Å². The third kappa shape index (κ3) is 3.44. The molecule has 3 rings (SSSR count). The predicted molar refractivity (Wildman–Crippen MR) is 97.6 cm³/mol. The zero-order valence-corrected chi connectivity index (χ0v) is 15.3. The van der Waals surface area contributed by atoms with Crippen molar-refractivity contribution in [1.29, 1.82) is 0 Å². The summed E-state index contributed by atoms with van der Waals surface area (Å²) in [5, 5.41) is 9.33. The summed E-state index contributed by atoms with van der Waals surface area (Å²) in [5.41, 5.74) is -1.66. The van der Waals surface area contributed by atoms with Gasteiger partial charge in [0.05, 0.1) is 12.7 Å². The second-order valence-electron chi connectivity index (χ2n) is 6.54. The molecule has 1 heterocycles. The van der Waals surface area contributed by atoms with E-state index in [2.05, 4.69) is 0 Å². The molecule has 2 aromatic rings. The number of methoxy groups -OCH3 is 1. The van der Waals surface area contributed by atoms with E-state index in [0.717, 1.165) is 17.2 Å². The molecule has 1 unspecified atom stereocenters. The molecule has 148 valence electrons. The lowest BCUT2D eigenvalue weighted by Crippen LogP contribution is -2.54. The van der Waals surface area contributed by atoms with Crippen molar-refractivity contribution in [2.24, 2.45) is 0 Å². The van der Waals surface area contributed by atoms with Crippen molar-refractivity contribution in [2.75, 3.05) is 7.11 Å². The van der Waals surface area contributed by atoms with Gasteiger partial charge in [-0.2, -0.15) is 13.2 Å². The molecule has 7 heteroatoms. The predicted octanol–water partition coefficient (Wildman–Crippen LogP) is 4.86. The van der Waals surface area contributed by atoms with Crippen molar-refractivity contribution in [3.8, 4) is 11.5 Å². The maximum atomic E-state index is 13.8. The molecule has 0 radical (unpaired) electrons. The number of hydrogen-bond donors (Lipinski definition) is 1. The number of aliphatic carboxylic acids is 1. The van der Waals surface area contributed by atoms with Crippen LogP contribution in [0.2, 0.25) is 0 Å². The molecule has 0 amide bonds. The molecule has 0 bridgehead atoms. The average molecular weight is 392 g/mol. The first-order valence-corrected chi connectivity index (χ1v) is 8.67. The summed E-state index contributed by atoms with van der Waals surface area (Å²) in [4.78, 5) is 11.5. The lowest BCUT2D eigenvalue weighted by molar-refractivity contribution is -0.236. The van der Waals surface area contributed by atoms with Gasteiger partial charge < -0.3 is 14.6 Å². The summed E-state index contributed by atoms with van der Waals surface area (Å²) in [5.74, 6) is -0.913. The fourth-order valence-electron chi connectivity index (χ4n) is 3.30. The number of rotatable bonds is 5. The quantitative estimate of drug-likeness (QED) is 0.790. The molecule has 0 aliphatic carbocycles.